The van der Waals surface area contributed by atoms with Gasteiger partial charge < -0.3 is 20.8 Å². The Hall–Kier alpha value is -3.87. The normalized spacial score (nSPS) is 18.1. The maximum absolute atomic E-state index is 14.7. The number of nitrogens with one attached hydrogen (secondary N) is 4. The zero-order chi connectivity index (χ0) is 27.0. The van der Waals surface area contributed by atoms with Crippen LogP contribution >= 0.6 is 27.3 Å². The van der Waals surface area contributed by atoms with Crippen molar-refractivity contribution in [3.8, 4) is 11.5 Å². The molecule has 2 aliphatic rings. The molecule has 1 atom stereocenters. The lowest BCUT2D eigenvalue weighted by molar-refractivity contribution is -0.122. The van der Waals surface area contributed by atoms with Crippen LogP contribution in [-0.2, 0) is 16.0 Å². The van der Waals surface area contributed by atoms with Crippen LogP contribution in [0.4, 0.5) is 15.2 Å². The summed E-state index contributed by atoms with van der Waals surface area (Å²) in [5, 5.41) is 6.05. The Morgan fingerprint density at radius 2 is 1.85 bits per heavy atom. The van der Waals surface area contributed by atoms with E-state index in [2.05, 4.69) is 47.4 Å². The van der Waals surface area contributed by atoms with Crippen molar-refractivity contribution < 1.29 is 18.7 Å². The minimum Gasteiger partial charge on any atom is -0.457 e. The number of ether oxygens (including phenoxy) is 1. The Labute approximate surface area is 235 Å². The maximum atomic E-state index is 14.7. The number of benzene rings is 3. The van der Waals surface area contributed by atoms with Gasteiger partial charge in [0.1, 0.15) is 17.3 Å². The molecule has 0 bridgehead atoms. The van der Waals surface area contributed by atoms with E-state index in [9.17, 15) is 14.0 Å². The number of thiazole rings is 1. The Bertz CT molecular complexity index is 1610. The van der Waals surface area contributed by atoms with Gasteiger partial charge in [-0.3, -0.25) is 9.59 Å². The second-order valence-electron chi connectivity index (χ2n) is 9.30. The summed E-state index contributed by atoms with van der Waals surface area (Å²) in [6, 6.07) is 17.0. The second-order valence-corrected chi connectivity index (χ2v) is 11.2. The first-order valence-corrected chi connectivity index (χ1v) is 13.8. The molecule has 3 aromatic carbocycles. The molecule has 1 aliphatic heterocycles. The van der Waals surface area contributed by atoms with Crippen molar-refractivity contribution in [2.45, 2.75) is 24.9 Å². The summed E-state index contributed by atoms with van der Waals surface area (Å²) in [5.41, 5.74) is 5.84. The van der Waals surface area contributed by atoms with Crippen LogP contribution in [0.2, 0.25) is 0 Å². The molecule has 1 fully saturated rings. The smallest absolute Gasteiger partial charge is 0.269 e. The molecule has 39 heavy (non-hydrogen) atoms. The number of aliphatic imine (C=N–C) groups is 1. The zero-order valence-corrected chi connectivity index (χ0v) is 22.7. The first kappa shape index (κ1) is 25.4. The van der Waals surface area contributed by atoms with Gasteiger partial charge in [-0.15, -0.1) is 0 Å². The van der Waals surface area contributed by atoms with E-state index in [1.807, 2.05) is 24.3 Å². The Kier molecular flexibility index (Phi) is 6.75. The van der Waals surface area contributed by atoms with E-state index in [1.165, 1.54) is 35.9 Å². The molecular formula is C27H22BrFN6O3S. The van der Waals surface area contributed by atoms with Crippen LogP contribution < -0.4 is 26.2 Å². The lowest BCUT2D eigenvalue weighted by atomic mass is 9.99. The number of hydrazine groups is 1. The van der Waals surface area contributed by atoms with Crippen LogP contribution in [0.25, 0.3) is 10.2 Å². The van der Waals surface area contributed by atoms with E-state index in [4.69, 9.17) is 4.74 Å². The highest BCUT2D eigenvalue weighted by molar-refractivity contribution is 9.10. The molecule has 6 rings (SSSR count). The van der Waals surface area contributed by atoms with Crippen molar-refractivity contribution in [2.75, 3.05) is 10.6 Å². The van der Waals surface area contributed by atoms with Crippen LogP contribution in [0.15, 0.2) is 70.1 Å². The van der Waals surface area contributed by atoms with Gasteiger partial charge in [0, 0.05) is 28.9 Å². The van der Waals surface area contributed by atoms with Crippen molar-refractivity contribution in [2.24, 2.45) is 10.9 Å². The monoisotopic (exact) mass is 608 g/mol. The highest BCUT2D eigenvalue weighted by Gasteiger charge is 2.40. The standard InChI is InChI=1S/C27H22BrFN6O3S/c28-17-5-1-15(2-6-17)13-27(30-14-31-35-27)25(37)32-22-11-18(7-9-20(22)29)38-19-8-10-21-23(12-19)39-26(33-21)34-24(36)16-3-4-16/h1-2,5-12,14,16,35H,3-4,13H2,(H,30,31)(H,32,37)(H,33,34,36). The molecule has 1 unspecified atom stereocenters. The van der Waals surface area contributed by atoms with E-state index in [1.54, 1.807) is 18.2 Å². The number of hydrogen-bond acceptors (Lipinski definition) is 8. The number of rotatable bonds is 8. The van der Waals surface area contributed by atoms with Crippen LogP contribution in [0.3, 0.4) is 0 Å². The molecule has 2 amide bonds. The number of halogens is 2. The maximum Gasteiger partial charge on any atom is 0.269 e. The van der Waals surface area contributed by atoms with Gasteiger partial charge in [-0.05, 0) is 54.8 Å². The average Bonchev–Trinajstić information content (AvgIpc) is 3.54. The van der Waals surface area contributed by atoms with Gasteiger partial charge in [0.05, 0.1) is 22.2 Å². The topological polar surface area (TPSA) is 117 Å². The number of carbonyl (C=O) groups excluding carboxylic acids is 2. The summed E-state index contributed by atoms with van der Waals surface area (Å²) in [4.78, 5) is 34.1. The predicted molar refractivity (Wildman–Crippen MR) is 151 cm³/mol. The average molecular weight is 609 g/mol. The van der Waals surface area contributed by atoms with Crippen molar-refractivity contribution in [3.05, 3.63) is 76.5 Å². The summed E-state index contributed by atoms with van der Waals surface area (Å²) in [5.74, 6) is -0.214. The number of aromatic nitrogens is 1. The SMILES string of the molecule is O=C(Nc1nc2ccc(Oc3ccc(F)c(NC(=O)C4(Cc5ccc(Br)cc5)N=CNN4)c3)cc2s1)C1CC1. The molecule has 1 saturated carbocycles. The number of anilines is 2. The van der Waals surface area contributed by atoms with E-state index in [0.717, 1.165) is 33.1 Å². The molecule has 4 aromatic rings. The van der Waals surface area contributed by atoms with Crippen LogP contribution in [-0.4, -0.2) is 28.8 Å². The lowest BCUT2D eigenvalue weighted by Gasteiger charge is -2.25. The summed E-state index contributed by atoms with van der Waals surface area (Å²) in [7, 11) is 0. The third-order valence-electron chi connectivity index (χ3n) is 6.34. The summed E-state index contributed by atoms with van der Waals surface area (Å²) < 4.78 is 22.5. The third-order valence-corrected chi connectivity index (χ3v) is 7.80. The van der Waals surface area contributed by atoms with Crippen LogP contribution in [0, 0.1) is 11.7 Å². The Balaban J connectivity index is 1.18. The molecule has 0 radical (unpaired) electrons. The van der Waals surface area contributed by atoms with Gasteiger partial charge >= 0.3 is 0 Å². The molecule has 9 nitrogen and oxygen atoms in total. The fraction of sp³-hybridized carbons (Fsp3) is 0.185. The molecule has 2 heterocycles. The van der Waals surface area contributed by atoms with Gasteiger partial charge in [-0.2, -0.15) is 0 Å². The predicted octanol–water partition coefficient (Wildman–Crippen LogP) is 5.35. The van der Waals surface area contributed by atoms with E-state index in [-0.39, 0.29) is 23.9 Å². The minimum atomic E-state index is -1.36. The highest BCUT2D eigenvalue weighted by atomic mass is 79.9. The molecule has 0 saturated heterocycles. The first-order valence-electron chi connectivity index (χ1n) is 12.2. The Morgan fingerprint density at radius 3 is 2.59 bits per heavy atom. The van der Waals surface area contributed by atoms with Gasteiger partial charge in [-0.1, -0.05) is 39.4 Å². The largest absolute Gasteiger partial charge is 0.457 e. The number of amides is 2. The molecular weight excluding hydrogens is 587 g/mol. The molecule has 4 N–H and O–H groups in total. The molecule has 198 valence electrons. The minimum absolute atomic E-state index is 0.000635. The van der Waals surface area contributed by atoms with E-state index in [0.29, 0.717) is 16.6 Å². The van der Waals surface area contributed by atoms with E-state index < -0.39 is 17.4 Å². The van der Waals surface area contributed by atoms with Crippen molar-refractivity contribution in [1.82, 2.24) is 15.8 Å². The fourth-order valence-corrected chi connectivity index (χ4v) is 5.27. The van der Waals surface area contributed by atoms with E-state index >= 15 is 0 Å². The van der Waals surface area contributed by atoms with Crippen LogP contribution in [0.5, 0.6) is 11.5 Å². The molecule has 1 aromatic heterocycles. The quantitative estimate of drug-likeness (QED) is 0.214. The van der Waals surface area contributed by atoms with Crippen molar-refractivity contribution in [1.29, 1.82) is 0 Å². The number of carbonyl (C=O) groups is 2. The summed E-state index contributed by atoms with van der Waals surface area (Å²) in [6.45, 7) is 0. The van der Waals surface area contributed by atoms with Crippen molar-refractivity contribution >= 4 is 66.5 Å². The van der Waals surface area contributed by atoms with Crippen LogP contribution in [0.1, 0.15) is 18.4 Å². The first-order chi connectivity index (χ1) is 18.9. The molecule has 12 heteroatoms. The van der Waals surface area contributed by atoms with Gasteiger partial charge in [-0.25, -0.2) is 19.8 Å². The van der Waals surface area contributed by atoms with Gasteiger partial charge in [0.25, 0.3) is 5.91 Å². The summed E-state index contributed by atoms with van der Waals surface area (Å²) in [6.07, 6.45) is 3.47. The zero-order valence-electron chi connectivity index (χ0n) is 20.3. The molecule has 0 spiro atoms. The Morgan fingerprint density at radius 1 is 1.08 bits per heavy atom. The lowest BCUT2D eigenvalue weighted by Crippen LogP contribution is -2.55. The number of nitrogens with zero attached hydrogens (tertiary/aromatic N) is 2. The number of hydrogen-bond donors (Lipinski definition) is 4. The number of fused-ring (bicyclic) bond motifs is 1. The third kappa shape index (κ3) is 5.63. The fourth-order valence-electron chi connectivity index (χ4n) is 4.11. The molecule has 1 aliphatic carbocycles. The highest BCUT2D eigenvalue weighted by Crippen LogP contribution is 2.35. The summed E-state index contributed by atoms with van der Waals surface area (Å²) >= 11 is 4.76. The van der Waals surface area contributed by atoms with Gasteiger partial charge in [0.15, 0.2) is 5.13 Å². The second kappa shape index (κ2) is 10.4. The van der Waals surface area contributed by atoms with Gasteiger partial charge in [0.2, 0.25) is 11.6 Å². The van der Waals surface area contributed by atoms with Crippen molar-refractivity contribution in [3.63, 3.8) is 0 Å².